The van der Waals surface area contributed by atoms with E-state index in [-0.39, 0.29) is 27.8 Å². The average molecular weight is 517 g/mol. The number of benzene rings is 3. The van der Waals surface area contributed by atoms with Crippen LogP contribution in [0.3, 0.4) is 0 Å². The first-order valence-corrected chi connectivity index (χ1v) is 12.6. The van der Waals surface area contributed by atoms with E-state index in [4.69, 9.17) is 20.8 Å². The summed E-state index contributed by atoms with van der Waals surface area (Å²) in [6.07, 6.45) is 1.21. The predicted molar refractivity (Wildman–Crippen MR) is 133 cm³/mol. The molecule has 0 fully saturated rings. The quantitative estimate of drug-likeness (QED) is 0.171. The van der Waals surface area contributed by atoms with Gasteiger partial charge in [0.25, 0.3) is 15.7 Å². The first kappa shape index (κ1) is 24.5. The van der Waals surface area contributed by atoms with Crippen molar-refractivity contribution >= 4 is 60.7 Å². The second-order valence-electron chi connectivity index (χ2n) is 7.69. The number of nitrogens with zero attached hydrogens (tertiary/aromatic N) is 1. The largest absolute Gasteiger partial charge is 0.462 e. The van der Waals surface area contributed by atoms with E-state index in [0.29, 0.717) is 33.9 Å². The summed E-state index contributed by atoms with van der Waals surface area (Å²) in [5, 5.41) is 12.6. The van der Waals surface area contributed by atoms with Crippen molar-refractivity contribution < 1.29 is 27.3 Å². The van der Waals surface area contributed by atoms with Gasteiger partial charge in [-0.1, -0.05) is 42.8 Å². The topological polar surface area (TPSA) is 129 Å². The molecule has 182 valence electrons. The number of ether oxygens (including phenoxy) is 1. The molecule has 0 amide bonds. The third-order valence-electron chi connectivity index (χ3n) is 5.39. The molecule has 0 atom stereocenters. The Morgan fingerprint density at radius 2 is 1.83 bits per heavy atom. The third-order valence-corrected chi connectivity index (χ3v) is 7.08. The molecule has 0 aliphatic carbocycles. The van der Waals surface area contributed by atoms with Gasteiger partial charge in [-0.15, -0.1) is 0 Å². The van der Waals surface area contributed by atoms with Gasteiger partial charge >= 0.3 is 5.97 Å². The van der Waals surface area contributed by atoms with Gasteiger partial charge in [0.15, 0.2) is 0 Å². The molecule has 0 bridgehead atoms. The molecule has 4 rings (SSSR count). The van der Waals surface area contributed by atoms with Gasteiger partial charge in [-0.05, 0) is 31.5 Å². The molecule has 0 unspecified atom stereocenters. The van der Waals surface area contributed by atoms with E-state index >= 15 is 0 Å². The Balaban J connectivity index is 1.93. The number of sulfonamides is 1. The van der Waals surface area contributed by atoms with Crippen LogP contribution in [-0.4, -0.2) is 25.9 Å². The second kappa shape index (κ2) is 9.55. The molecular formula is C24H21ClN2O7S. The van der Waals surface area contributed by atoms with Crippen molar-refractivity contribution in [3.05, 3.63) is 75.0 Å². The third kappa shape index (κ3) is 4.54. The Bertz CT molecular complexity index is 1580. The lowest BCUT2D eigenvalue weighted by Gasteiger charge is -2.12. The van der Waals surface area contributed by atoms with E-state index in [2.05, 4.69) is 4.72 Å². The van der Waals surface area contributed by atoms with Crippen LogP contribution in [0.25, 0.3) is 21.7 Å². The van der Waals surface area contributed by atoms with Crippen molar-refractivity contribution in [2.45, 2.75) is 31.6 Å². The molecule has 35 heavy (non-hydrogen) atoms. The smallest absolute Gasteiger partial charge is 0.342 e. The number of nitro benzene ring substituents is 1. The summed E-state index contributed by atoms with van der Waals surface area (Å²) in [7, 11) is -4.25. The minimum Gasteiger partial charge on any atom is -0.462 e. The van der Waals surface area contributed by atoms with Gasteiger partial charge in [0.1, 0.15) is 21.9 Å². The van der Waals surface area contributed by atoms with Crippen LogP contribution in [0.5, 0.6) is 0 Å². The molecule has 1 N–H and O–H groups in total. The zero-order valence-corrected chi connectivity index (χ0v) is 20.4. The Morgan fingerprint density at radius 3 is 2.49 bits per heavy atom. The first-order chi connectivity index (χ1) is 16.7. The molecule has 3 aromatic carbocycles. The Morgan fingerprint density at radius 1 is 1.11 bits per heavy atom. The molecule has 0 aliphatic heterocycles. The summed E-state index contributed by atoms with van der Waals surface area (Å²) in [5.41, 5.74) is 0.341. The number of rotatable bonds is 8. The lowest BCUT2D eigenvalue weighted by atomic mass is 10.0. The zero-order valence-electron chi connectivity index (χ0n) is 18.8. The summed E-state index contributed by atoms with van der Waals surface area (Å²) in [5.74, 6) is -0.105. The Kier molecular flexibility index (Phi) is 6.68. The highest BCUT2D eigenvalue weighted by Crippen LogP contribution is 2.38. The fourth-order valence-corrected chi connectivity index (χ4v) is 5.16. The van der Waals surface area contributed by atoms with Crippen LogP contribution >= 0.6 is 11.6 Å². The number of fused-ring (bicyclic) bond motifs is 3. The van der Waals surface area contributed by atoms with Gasteiger partial charge in [0.05, 0.1) is 22.1 Å². The summed E-state index contributed by atoms with van der Waals surface area (Å²) < 4.78 is 40.2. The minimum absolute atomic E-state index is 0.166. The van der Waals surface area contributed by atoms with Crippen LogP contribution in [0.15, 0.2) is 57.8 Å². The number of anilines is 1. The molecule has 1 aromatic heterocycles. The zero-order chi connectivity index (χ0) is 25.3. The van der Waals surface area contributed by atoms with Crippen LogP contribution in [0, 0.1) is 10.1 Å². The lowest BCUT2D eigenvalue weighted by Crippen LogP contribution is -2.14. The van der Waals surface area contributed by atoms with E-state index in [1.807, 2.05) is 6.92 Å². The number of carbonyl (C=O) groups excluding carboxylic acids is 1. The molecule has 4 aromatic rings. The van der Waals surface area contributed by atoms with Crippen LogP contribution in [0.2, 0.25) is 5.02 Å². The van der Waals surface area contributed by atoms with Crippen LogP contribution in [0.1, 0.15) is 36.4 Å². The summed E-state index contributed by atoms with van der Waals surface area (Å²) in [6, 6.07) is 11.7. The van der Waals surface area contributed by atoms with E-state index in [9.17, 15) is 23.3 Å². The fraction of sp³-hybridized carbons (Fsp3) is 0.208. The molecule has 0 radical (unpaired) electrons. The number of halogens is 1. The SMILES string of the molecule is CCCc1oc2c(cc(NS(=O)(=O)c3ccc(Cl)c([N+](=O)[O-])c3)c3ccccc32)c1C(=O)OCC. The van der Waals surface area contributed by atoms with Gasteiger partial charge in [-0.2, -0.15) is 0 Å². The number of nitro groups is 1. The molecule has 1 heterocycles. The normalized spacial score (nSPS) is 11.6. The van der Waals surface area contributed by atoms with Crippen molar-refractivity contribution in [3.63, 3.8) is 0 Å². The second-order valence-corrected chi connectivity index (χ2v) is 9.78. The van der Waals surface area contributed by atoms with E-state index in [1.54, 1.807) is 31.2 Å². The molecule has 0 saturated heterocycles. The number of furan rings is 1. The van der Waals surface area contributed by atoms with Crippen molar-refractivity contribution in [1.82, 2.24) is 0 Å². The van der Waals surface area contributed by atoms with Gasteiger partial charge < -0.3 is 9.15 Å². The molecular weight excluding hydrogens is 496 g/mol. The lowest BCUT2D eigenvalue weighted by molar-refractivity contribution is -0.384. The number of esters is 1. The van der Waals surface area contributed by atoms with Gasteiger partial charge in [-0.3, -0.25) is 14.8 Å². The number of hydrogen-bond donors (Lipinski definition) is 1. The van der Waals surface area contributed by atoms with Crippen LogP contribution in [-0.2, 0) is 21.2 Å². The molecule has 9 nitrogen and oxygen atoms in total. The first-order valence-electron chi connectivity index (χ1n) is 10.8. The molecule has 0 spiro atoms. The molecule has 0 saturated carbocycles. The van der Waals surface area contributed by atoms with E-state index in [0.717, 1.165) is 18.6 Å². The van der Waals surface area contributed by atoms with Gasteiger partial charge in [0.2, 0.25) is 0 Å². The van der Waals surface area contributed by atoms with Gasteiger partial charge in [-0.25, -0.2) is 13.2 Å². The Labute approximate surface area is 205 Å². The highest BCUT2D eigenvalue weighted by Gasteiger charge is 2.26. The monoisotopic (exact) mass is 516 g/mol. The Hall–Kier alpha value is -3.63. The summed E-state index contributed by atoms with van der Waals surface area (Å²) in [6.45, 7) is 3.81. The minimum atomic E-state index is -4.25. The highest BCUT2D eigenvalue weighted by molar-refractivity contribution is 7.92. The molecule has 0 aliphatic rings. The van der Waals surface area contributed by atoms with Crippen molar-refractivity contribution in [1.29, 1.82) is 0 Å². The van der Waals surface area contributed by atoms with Crippen molar-refractivity contribution in [2.24, 2.45) is 0 Å². The molecule has 11 heteroatoms. The van der Waals surface area contributed by atoms with E-state index in [1.165, 1.54) is 12.1 Å². The number of aryl methyl sites for hydroxylation is 1. The average Bonchev–Trinajstić information content (AvgIpc) is 3.17. The van der Waals surface area contributed by atoms with Crippen molar-refractivity contribution in [2.75, 3.05) is 11.3 Å². The predicted octanol–water partition coefficient (Wildman–Crippen LogP) is 6.08. The van der Waals surface area contributed by atoms with Crippen LogP contribution in [0.4, 0.5) is 11.4 Å². The summed E-state index contributed by atoms with van der Waals surface area (Å²) in [4.78, 5) is 23.0. The fourth-order valence-electron chi connectivity index (χ4n) is 3.89. The number of carbonyl (C=O) groups is 1. The van der Waals surface area contributed by atoms with E-state index < -0.39 is 26.6 Å². The summed E-state index contributed by atoms with van der Waals surface area (Å²) >= 11 is 5.83. The maximum atomic E-state index is 13.2. The standard InChI is InChI=1S/C24H21ClN2O7S/c1-3-7-21-22(24(28)33-4-2)17-13-19(15-8-5-6-9-16(15)23(17)34-21)26-35(31,32)14-10-11-18(25)20(12-14)27(29)30/h5-6,8-13,26H,3-4,7H2,1-2H3. The van der Waals surface area contributed by atoms with Gasteiger partial charge in [0, 0.05) is 28.6 Å². The highest BCUT2D eigenvalue weighted by atomic mass is 35.5. The number of nitrogens with one attached hydrogen (secondary N) is 1. The maximum absolute atomic E-state index is 13.2. The maximum Gasteiger partial charge on any atom is 0.342 e. The number of hydrogen-bond acceptors (Lipinski definition) is 7. The van der Waals surface area contributed by atoms with Crippen molar-refractivity contribution in [3.8, 4) is 0 Å². The van der Waals surface area contributed by atoms with Crippen LogP contribution < -0.4 is 4.72 Å².